The molecule has 0 unspecified atom stereocenters. The highest BCUT2D eigenvalue weighted by Crippen LogP contribution is 2.54. The standard InChI is InChI=1S/C7H10O2/c8-7(9)6-3-5(6)4-1-2-4/h4-6H,1-3H2,(H,8,9)/t5-,6-/m0/s1. The van der Waals surface area contributed by atoms with E-state index in [2.05, 4.69) is 0 Å². The van der Waals surface area contributed by atoms with Crippen LogP contribution < -0.4 is 0 Å². The van der Waals surface area contributed by atoms with Gasteiger partial charge in [0.2, 0.25) is 0 Å². The number of hydrogen-bond donors (Lipinski definition) is 1. The maximum atomic E-state index is 10.3. The molecule has 0 radical (unpaired) electrons. The van der Waals surface area contributed by atoms with Crippen molar-refractivity contribution in [3.63, 3.8) is 0 Å². The molecule has 2 rings (SSSR count). The Balaban J connectivity index is 1.87. The molecule has 0 amide bonds. The van der Waals surface area contributed by atoms with Gasteiger partial charge in [-0.25, -0.2) is 0 Å². The van der Waals surface area contributed by atoms with Crippen molar-refractivity contribution in [1.29, 1.82) is 0 Å². The first-order valence-corrected chi connectivity index (χ1v) is 3.52. The van der Waals surface area contributed by atoms with Crippen LogP contribution in [0.1, 0.15) is 19.3 Å². The van der Waals surface area contributed by atoms with Crippen molar-refractivity contribution in [3.8, 4) is 0 Å². The number of carboxylic acid groups (broad SMARTS) is 1. The van der Waals surface area contributed by atoms with Crippen molar-refractivity contribution in [3.05, 3.63) is 0 Å². The van der Waals surface area contributed by atoms with Gasteiger partial charge in [-0.3, -0.25) is 4.79 Å². The fourth-order valence-corrected chi connectivity index (χ4v) is 1.54. The summed E-state index contributed by atoms with van der Waals surface area (Å²) in [5.74, 6) is 0.831. The first-order chi connectivity index (χ1) is 4.29. The number of carboxylic acids is 1. The summed E-state index contributed by atoms with van der Waals surface area (Å²) in [5, 5.41) is 8.50. The van der Waals surface area contributed by atoms with Gasteiger partial charge in [0.1, 0.15) is 0 Å². The minimum absolute atomic E-state index is 0.0394. The van der Waals surface area contributed by atoms with Crippen LogP contribution in [0.3, 0.4) is 0 Å². The summed E-state index contributed by atoms with van der Waals surface area (Å²) in [6.45, 7) is 0. The van der Waals surface area contributed by atoms with E-state index in [0.717, 1.165) is 12.3 Å². The Morgan fingerprint density at radius 3 is 2.44 bits per heavy atom. The van der Waals surface area contributed by atoms with Crippen molar-refractivity contribution in [2.45, 2.75) is 19.3 Å². The Kier molecular flexibility index (Phi) is 0.875. The van der Waals surface area contributed by atoms with Crippen molar-refractivity contribution < 1.29 is 9.90 Å². The van der Waals surface area contributed by atoms with Crippen molar-refractivity contribution >= 4 is 5.97 Å². The second kappa shape index (κ2) is 1.49. The molecule has 2 fully saturated rings. The lowest BCUT2D eigenvalue weighted by Crippen LogP contribution is -1.99. The van der Waals surface area contributed by atoms with E-state index < -0.39 is 5.97 Å². The van der Waals surface area contributed by atoms with Crippen LogP contribution in [0.5, 0.6) is 0 Å². The van der Waals surface area contributed by atoms with E-state index in [4.69, 9.17) is 5.11 Å². The Labute approximate surface area is 53.9 Å². The van der Waals surface area contributed by atoms with E-state index >= 15 is 0 Å². The number of carbonyl (C=O) groups is 1. The third kappa shape index (κ3) is 0.824. The first-order valence-electron chi connectivity index (χ1n) is 3.52. The fraction of sp³-hybridized carbons (Fsp3) is 0.857. The molecule has 0 aromatic rings. The summed E-state index contributed by atoms with van der Waals surface area (Å²) >= 11 is 0. The second-order valence-corrected chi connectivity index (χ2v) is 3.18. The molecule has 0 bridgehead atoms. The van der Waals surface area contributed by atoms with Crippen LogP contribution in [0.4, 0.5) is 0 Å². The fourth-order valence-electron chi connectivity index (χ4n) is 1.54. The van der Waals surface area contributed by atoms with Gasteiger partial charge in [-0.2, -0.15) is 0 Å². The summed E-state index contributed by atoms with van der Waals surface area (Å²) < 4.78 is 0. The van der Waals surface area contributed by atoms with Crippen LogP contribution in [-0.4, -0.2) is 11.1 Å². The van der Waals surface area contributed by atoms with Gasteiger partial charge in [0.25, 0.3) is 0 Å². The summed E-state index contributed by atoms with van der Waals surface area (Å²) in [5.41, 5.74) is 0. The van der Waals surface area contributed by atoms with E-state index in [0.29, 0.717) is 5.92 Å². The molecule has 0 aliphatic heterocycles. The monoisotopic (exact) mass is 126 g/mol. The van der Waals surface area contributed by atoms with Gasteiger partial charge in [-0.05, 0) is 31.1 Å². The molecule has 0 spiro atoms. The van der Waals surface area contributed by atoms with Gasteiger partial charge in [-0.15, -0.1) is 0 Å². The first kappa shape index (κ1) is 5.27. The Bertz CT molecular complexity index is 149. The van der Waals surface area contributed by atoms with E-state index in [9.17, 15) is 4.79 Å². The average Bonchev–Trinajstić information content (AvgIpc) is 2.60. The lowest BCUT2D eigenvalue weighted by atomic mass is 10.2. The zero-order valence-electron chi connectivity index (χ0n) is 5.21. The van der Waals surface area contributed by atoms with Gasteiger partial charge < -0.3 is 5.11 Å². The lowest BCUT2D eigenvalue weighted by Gasteiger charge is -1.87. The van der Waals surface area contributed by atoms with E-state index in [-0.39, 0.29) is 5.92 Å². The van der Waals surface area contributed by atoms with Crippen molar-refractivity contribution in [2.24, 2.45) is 17.8 Å². The predicted molar refractivity (Wildman–Crippen MR) is 32.0 cm³/mol. The zero-order chi connectivity index (χ0) is 6.43. The van der Waals surface area contributed by atoms with E-state index in [1.807, 2.05) is 0 Å². The molecule has 2 atom stereocenters. The maximum Gasteiger partial charge on any atom is 0.306 e. The molecular weight excluding hydrogens is 116 g/mol. The van der Waals surface area contributed by atoms with Gasteiger partial charge in [-0.1, -0.05) is 0 Å². The predicted octanol–water partition coefficient (Wildman–Crippen LogP) is 1.12. The SMILES string of the molecule is O=C(O)[C@H]1C[C@H]1C1CC1. The smallest absolute Gasteiger partial charge is 0.306 e. The van der Waals surface area contributed by atoms with Crippen LogP contribution in [-0.2, 0) is 4.79 Å². The van der Waals surface area contributed by atoms with E-state index in [1.54, 1.807) is 0 Å². The maximum absolute atomic E-state index is 10.3. The number of hydrogen-bond acceptors (Lipinski definition) is 1. The van der Waals surface area contributed by atoms with Gasteiger partial charge in [0, 0.05) is 0 Å². The summed E-state index contributed by atoms with van der Waals surface area (Å²) in [4.78, 5) is 10.3. The Morgan fingerprint density at radius 1 is 1.44 bits per heavy atom. The number of aliphatic carboxylic acids is 1. The van der Waals surface area contributed by atoms with Gasteiger partial charge in [0.15, 0.2) is 0 Å². The highest BCUT2D eigenvalue weighted by Gasteiger charge is 2.51. The molecule has 0 aromatic heterocycles. The third-order valence-corrected chi connectivity index (χ3v) is 2.38. The molecule has 0 aromatic carbocycles. The van der Waals surface area contributed by atoms with Crippen molar-refractivity contribution in [1.82, 2.24) is 0 Å². The summed E-state index contributed by atoms with van der Waals surface area (Å²) in [6, 6.07) is 0. The Hall–Kier alpha value is -0.530. The molecule has 0 saturated heterocycles. The van der Waals surface area contributed by atoms with Gasteiger partial charge >= 0.3 is 5.97 Å². The van der Waals surface area contributed by atoms with Crippen molar-refractivity contribution in [2.75, 3.05) is 0 Å². The molecule has 2 nitrogen and oxygen atoms in total. The second-order valence-electron chi connectivity index (χ2n) is 3.18. The number of rotatable bonds is 2. The molecule has 0 heterocycles. The molecule has 2 aliphatic rings. The third-order valence-electron chi connectivity index (χ3n) is 2.38. The van der Waals surface area contributed by atoms with E-state index in [1.165, 1.54) is 12.8 Å². The molecule has 2 heteroatoms. The summed E-state index contributed by atoms with van der Waals surface area (Å²) in [7, 11) is 0. The normalized spacial score (nSPS) is 40.4. The highest BCUT2D eigenvalue weighted by molar-refractivity contribution is 5.73. The lowest BCUT2D eigenvalue weighted by molar-refractivity contribution is -0.138. The van der Waals surface area contributed by atoms with Crippen LogP contribution in [0.15, 0.2) is 0 Å². The minimum atomic E-state index is -0.577. The van der Waals surface area contributed by atoms with Crippen LogP contribution in [0.25, 0.3) is 0 Å². The topological polar surface area (TPSA) is 37.3 Å². The minimum Gasteiger partial charge on any atom is -0.481 e. The van der Waals surface area contributed by atoms with Crippen LogP contribution >= 0.6 is 0 Å². The molecule has 2 aliphatic carbocycles. The van der Waals surface area contributed by atoms with Crippen LogP contribution in [0.2, 0.25) is 0 Å². The summed E-state index contributed by atoms with van der Waals surface area (Å²) in [6.07, 6.45) is 3.53. The molecule has 50 valence electrons. The average molecular weight is 126 g/mol. The molecule has 1 N–H and O–H groups in total. The van der Waals surface area contributed by atoms with Gasteiger partial charge in [0.05, 0.1) is 5.92 Å². The Morgan fingerprint density at radius 2 is 2.11 bits per heavy atom. The molecule has 2 saturated carbocycles. The highest BCUT2D eigenvalue weighted by atomic mass is 16.4. The molecule has 9 heavy (non-hydrogen) atoms. The largest absolute Gasteiger partial charge is 0.481 e. The zero-order valence-corrected chi connectivity index (χ0v) is 5.21. The molecular formula is C7H10O2. The quantitative estimate of drug-likeness (QED) is 0.602. The van der Waals surface area contributed by atoms with Crippen LogP contribution in [0, 0.1) is 17.8 Å².